The molecule has 0 aliphatic carbocycles. The van der Waals surface area contributed by atoms with Gasteiger partial charge in [0.2, 0.25) is 11.8 Å². The molecule has 0 unspecified atom stereocenters. The van der Waals surface area contributed by atoms with E-state index >= 15 is 0 Å². The third-order valence-corrected chi connectivity index (χ3v) is 3.14. The molecule has 1 N–H and O–H groups in total. The summed E-state index contributed by atoms with van der Waals surface area (Å²) in [5.74, 6) is 1.84. The Morgan fingerprint density at radius 1 is 1.11 bits per heavy atom. The molecule has 102 valence electrons. The third-order valence-electron chi connectivity index (χ3n) is 3.14. The van der Waals surface area contributed by atoms with Gasteiger partial charge in [-0.2, -0.15) is 0 Å². The molecule has 0 aliphatic rings. The molecule has 0 bridgehead atoms. The van der Waals surface area contributed by atoms with Gasteiger partial charge in [0.1, 0.15) is 6.33 Å². The average molecular weight is 253 g/mol. The van der Waals surface area contributed by atoms with Crippen molar-refractivity contribution in [2.75, 3.05) is 20.8 Å². The Morgan fingerprint density at radius 3 is 2.11 bits per heavy atom. The van der Waals surface area contributed by atoms with E-state index in [1.54, 1.807) is 14.2 Å². The number of ether oxygens (including phenoxy) is 2. The van der Waals surface area contributed by atoms with Gasteiger partial charge in [0.25, 0.3) is 0 Å². The molecule has 0 fully saturated rings. The minimum absolute atomic E-state index is 0.568. The highest BCUT2D eigenvalue weighted by molar-refractivity contribution is 5.34. The summed E-state index contributed by atoms with van der Waals surface area (Å²) in [5, 5.41) is 3.41. The van der Waals surface area contributed by atoms with Gasteiger partial charge in [0, 0.05) is 6.54 Å². The molecule has 1 heterocycles. The maximum absolute atomic E-state index is 5.23. The molecule has 5 heteroatoms. The monoisotopic (exact) mass is 253 g/mol. The van der Waals surface area contributed by atoms with E-state index < -0.39 is 0 Å². The predicted octanol–water partition coefficient (Wildman–Crippen LogP) is 2.02. The van der Waals surface area contributed by atoms with Crippen LogP contribution in [-0.4, -0.2) is 30.7 Å². The fraction of sp³-hybridized carbons (Fsp3) is 0.692. The van der Waals surface area contributed by atoms with E-state index in [2.05, 4.69) is 29.1 Å². The van der Waals surface area contributed by atoms with Crippen LogP contribution in [0.1, 0.15) is 32.3 Å². The maximum Gasteiger partial charge on any atom is 0.224 e. The molecular weight excluding hydrogens is 230 g/mol. The molecule has 5 nitrogen and oxygen atoms in total. The fourth-order valence-electron chi connectivity index (χ4n) is 1.86. The minimum atomic E-state index is 0.568. The van der Waals surface area contributed by atoms with E-state index in [0.717, 1.165) is 12.1 Å². The Balaban J connectivity index is 2.65. The van der Waals surface area contributed by atoms with Crippen LogP contribution in [0.3, 0.4) is 0 Å². The van der Waals surface area contributed by atoms with Crippen LogP contribution in [0.2, 0.25) is 0 Å². The maximum atomic E-state index is 5.23. The fourth-order valence-corrected chi connectivity index (χ4v) is 1.86. The highest BCUT2D eigenvalue weighted by Crippen LogP contribution is 2.23. The molecule has 0 radical (unpaired) electrons. The highest BCUT2D eigenvalue weighted by Gasteiger charge is 2.12. The topological polar surface area (TPSA) is 56.3 Å². The largest absolute Gasteiger partial charge is 0.481 e. The molecule has 1 aromatic heterocycles. The zero-order valence-electron chi connectivity index (χ0n) is 11.7. The number of rotatable bonds is 8. The summed E-state index contributed by atoms with van der Waals surface area (Å²) in [6.45, 7) is 6.06. The standard InChI is InChI=1S/C13H23N3O2/c1-5-10(6-2)7-14-8-11-12(17-3)15-9-16-13(11)18-4/h9-10,14H,5-8H2,1-4H3. The Bertz CT molecular complexity index is 332. The first-order valence-electron chi connectivity index (χ1n) is 6.39. The number of methoxy groups -OCH3 is 2. The van der Waals surface area contributed by atoms with E-state index in [-0.39, 0.29) is 0 Å². The summed E-state index contributed by atoms with van der Waals surface area (Å²) >= 11 is 0. The van der Waals surface area contributed by atoms with Crippen molar-refractivity contribution in [3.05, 3.63) is 11.9 Å². The first kappa shape index (κ1) is 14.7. The van der Waals surface area contributed by atoms with Gasteiger partial charge in [0.15, 0.2) is 0 Å². The van der Waals surface area contributed by atoms with Crippen LogP contribution in [0.15, 0.2) is 6.33 Å². The van der Waals surface area contributed by atoms with Crippen molar-refractivity contribution in [1.29, 1.82) is 0 Å². The van der Waals surface area contributed by atoms with Crippen molar-refractivity contribution in [2.24, 2.45) is 5.92 Å². The molecule has 0 aliphatic heterocycles. The molecule has 0 atom stereocenters. The van der Waals surface area contributed by atoms with Crippen LogP contribution in [-0.2, 0) is 6.54 Å². The highest BCUT2D eigenvalue weighted by atomic mass is 16.5. The van der Waals surface area contributed by atoms with Gasteiger partial charge in [-0.25, -0.2) is 9.97 Å². The molecule has 0 aromatic carbocycles. The van der Waals surface area contributed by atoms with Crippen molar-refractivity contribution in [1.82, 2.24) is 15.3 Å². The first-order chi connectivity index (χ1) is 8.76. The molecule has 18 heavy (non-hydrogen) atoms. The molecule has 0 spiro atoms. The van der Waals surface area contributed by atoms with Crippen LogP contribution >= 0.6 is 0 Å². The molecule has 1 aromatic rings. The minimum Gasteiger partial charge on any atom is -0.481 e. The van der Waals surface area contributed by atoms with E-state index in [4.69, 9.17) is 9.47 Å². The second-order valence-corrected chi connectivity index (χ2v) is 4.18. The summed E-state index contributed by atoms with van der Waals surface area (Å²) in [4.78, 5) is 8.18. The van der Waals surface area contributed by atoms with Crippen LogP contribution in [0.25, 0.3) is 0 Å². The van der Waals surface area contributed by atoms with Gasteiger partial charge in [-0.3, -0.25) is 0 Å². The SMILES string of the molecule is CCC(CC)CNCc1c(OC)ncnc1OC. The van der Waals surface area contributed by atoms with Gasteiger partial charge < -0.3 is 14.8 Å². The number of nitrogens with zero attached hydrogens (tertiary/aromatic N) is 2. The normalized spacial score (nSPS) is 10.7. The Morgan fingerprint density at radius 2 is 1.67 bits per heavy atom. The quantitative estimate of drug-likeness (QED) is 0.768. The van der Waals surface area contributed by atoms with E-state index in [1.165, 1.54) is 19.2 Å². The molecule has 0 saturated carbocycles. The zero-order valence-corrected chi connectivity index (χ0v) is 11.7. The predicted molar refractivity (Wildman–Crippen MR) is 70.9 cm³/mol. The average Bonchev–Trinajstić information content (AvgIpc) is 2.43. The van der Waals surface area contributed by atoms with E-state index in [0.29, 0.717) is 24.2 Å². The third kappa shape index (κ3) is 3.84. The smallest absolute Gasteiger partial charge is 0.224 e. The Kier molecular flexibility index (Phi) is 6.43. The summed E-state index contributed by atoms with van der Waals surface area (Å²) in [5.41, 5.74) is 0.869. The van der Waals surface area contributed by atoms with Crippen LogP contribution < -0.4 is 14.8 Å². The summed E-state index contributed by atoms with van der Waals surface area (Å²) < 4.78 is 10.5. The second kappa shape index (κ2) is 7.87. The molecular formula is C13H23N3O2. The zero-order chi connectivity index (χ0) is 13.4. The van der Waals surface area contributed by atoms with E-state index in [9.17, 15) is 0 Å². The van der Waals surface area contributed by atoms with Crippen molar-refractivity contribution in [3.63, 3.8) is 0 Å². The molecule has 1 rings (SSSR count). The number of hydrogen-bond acceptors (Lipinski definition) is 5. The molecule has 0 saturated heterocycles. The van der Waals surface area contributed by atoms with Crippen LogP contribution in [0, 0.1) is 5.92 Å². The van der Waals surface area contributed by atoms with Gasteiger partial charge in [-0.15, -0.1) is 0 Å². The van der Waals surface area contributed by atoms with Crippen LogP contribution in [0.4, 0.5) is 0 Å². The lowest BCUT2D eigenvalue weighted by molar-refractivity contribution is 0.356. The lowest BCUT2D eigenvalue weighted by Gasteiger charge is -2.15. The Hall–Kier alpha value is -1.36. The van der Waals surface area contributed by atoms with Gasteiger partial charge in [0.05, 0.1) is 19.8 Å². The number of hydrogen-bond donors (Lipinski definition) is 1. The van der Waals surface area contributed by atoms with Crippen molar-refractivity contribution in [2.45, 2.75) is 33.2 Å². The summed E-state index contributed by atoms with van der Waals surface area (Å²) in [6, 6.07) is 0. The number of nitrogens with one attached hydrogen (secondary N) is 1. The Labute approximate surface area is 109 Å². The number of aromatic nitrogens is 2. The second-order valence-electron chi connectivity index (χ2n) is 4.18. The van der Waals surface area contributed by atoms with Crippen molar-refractivity contribution < 1.29 is 9.47 Å². The first-order valence-corrected chi connectivity index (χ1v) is 6.39. The van der Waals surface area contributed by atoms with Crippen molar-refractivity contribution >= 4 is 0 Å². The summed E-state index contributed by atoms with van der Waals surface area (Å²) in [6.07, 6.45) is 3.81. The lowest BCUT2D eigenvalue weighted by atomic mass is 10.0. The van der Waals surface area contributed by atoms with Crippen LogP contribution in [0.5, 0.6) is 11.8 Å². The van der Waals surface area contributed by atoms with Gasteiger partial charge in [-0.05, 0) is 12.5 Å². The van der Waals surface area contributed by atoms with Gasteiger partial charge in [-0.1, -0.05) is 26.7 Å². The van der Waals surface area contributed by atoms with Gasteiger partial charge >= 0.3 is 0 Å². The van der Waals surface area contributed by atoms with Crippen molar-refractivity contribution in [3.8, 4) is 11.8 Å². The summed E-state index contributed by atoms with van der Waals surface area (Å²) in [7, 11) is 3.21. The van der Waals surface area contributed by atoms with E-state index in [1.807, 2.05) is 0 Å². The lowest BCUT2D eigenvalue weighted by Crippen LogP contribution is -2.22. The molecule has 0 amide bonds.